The molecule has 2 aromatic heterocycles. The van der Waals surface area contributed by atoms with Crippen LogP contribution in [0.5, 0.6) is 5.88 Å². The third-order valence-corrected chi connectivity index (χ3v) is 5.79. The third-order valence-electron chi connectivity index (χ3n) is 5.79. The van der Waals surface area contributed by atoms with Gasteiger partial charge in [-0.15, -0.1) is 0 Å². The molecule has 0 radical (unpaired) electrons. The summed E-state index contributed by atoms with van der Waals surface area (Å²) < 4.78 is 49.5. The van der Waals surface area contributed by atoms with Crippen molar-refractivity contribution in [3.63, 3.8) is 0 Å². The molecule has 4 rings (SSSR count). The van der Waals surface area contributed by atoms with Gasteiger partial charge < -0.3 is 15.3 Å². The molecule has 4 heterocycles. The zero-order valence-corrected chi connectivity index (χ0v) is 18.2. The van der Waals surface area contributed by atoms with Gasteiger partial charge in [0.05, 0.1) is 24.2 Å². The molecule has 176 valence electrons. The Labute approximate surface area is 189 Å². The lowest BCUT2D eigenvalue weighted by Gasteiger charge is -2.32. The smallest absolute Gasteiger partial charge is 0.433 e. The molecule has 2 aliphatic heterocycles. The van der Waals surface area contributed by atoms with Crippen LogP contribution >= 0.6 is 0 Å². The van der Waals surface area contributed by atoms with E-state index in [-0.39, 0.29) is 12.3 Å². The zero-order chi connectivity index (χ0) is 23.4. The highest BCUT2D eigenvalue weighted by Gasteiger charge is 2.32. The van der Waals surface area contributed by atoms with Crippen LogP contribution in [-0.4, -0.2) is 58.7 Å². The Hall–Kier alpha value is -3.05. The van der Waals surface area contributed by atoms with Gasteiger partial charge >= 0.3 is 6.18 Å². The number of hydrazone groups is 1. The molecule has 0 spiro atoms. The molecule has 0 saturated carbocycles. The lowest BCUT2D eigenvalue weighted by atomic mass is 10.0. The third kappa shape index (κ3) is 5.66. The van der Waals surface area contributed by atoms with Crippen molar-refractivity contribution in [3.05, 3.63) is 47.4 Å². The predicted molar refractivity (Wildman–Crippen MR) is 117 cm³/mol. The summed E-state index contributed by atoms with van der Waals surface area (Å²) in [5.41, 5.74) is 2.36. The van der Waals surface area contributed by atoms with E-state index in [1.807, 2.05) is 12.3 Å². The summed E-state index contributed by atoms with van der Waals surface area (Å²) >= 11 is 0. The summed E-state index contributed by atoms with van der Waals surface area (Å²) in [4.78, 5) is 14.6. The highest BCUT2D eigenvalue weighted by molar-refractivity contribution is 6.42. The van der Waals surface area contributed by atoms with Crippen molar-refractivity contribution in [2.45, 2.75) is 38.5 Å². The van der Waals surface area contributed by atoms with E-state index < -0.39 is 11.9 Å². The Morgan fingerprint density at radius 1 is 1.27 bits per heavy atom. The van der Waals surface area contributed by atoms with Gasteiger partial charge in [-0.2, -0.15) is 18.3 Å². The first-order valence-corrected chi connectivity index (χ1v) is 10.6. The molecule has 1 fully saturated rings. The summed E-state index contributed by atoms with van der Waals surface area (Å²) in [7, 11) is 0. The molecule has 2 aliphatic rings. The number of hydrogen-bond donors (Lipinski definition) is 1. The second kappa shape index (κ2) is 9.84. The minimum absolute atomic E-state index is 0.00484. The van der Waals surface area contributed by atoms with Gasteiger partial charge in [0, 0.05) is 38.0 Å². The van der Waals surface area contributed by atoms with Crippen LogP contribution in [0.4, 0.5) is 18.9 Å². The van der Waals surface area contributed by atoms with Gasteiger partial charge in [-0.3, -0.25) is 4.90 Å². The van der Waals surface area contributed by atoms with E-state index in [9.17, 15) is 13.2 Å². The molecule has 2 N–H and O–H groups in total. The van der Waals surface area contributed by atoms with Gasteiger partial charge in [-0.25, -0.2) is 15.0 Å². The van der Waals surface area contributed by atoms with E-state index in [4.69, 9.17) is 15.3 Å². The van der Waals surface area contributed by atoms with E-state index in [0.717, 1.165) is 51.4 Å². The number of ether oxygens (including phenoxy) is 2. The maximum absolute atomic E-state index is 12.7. The van der Waals surface area contributed by atoms with Crippen LogP contribution in [0.25, 0.3) is 0 Å². The summed E-state index contributed by atoms with van der Waals surface area (Å²) in [5.74, 6) is 5.83. The summed E-state index contributed by atoms with van der Waals surface area (Å²) in [6, 6.07) is 4.49. The molecule has 0 aliphatic carbocycles. The van der Waals surface area contributed by atoms with Gasteiger partial charge in [0.2, 0.25) is 5.88 Å². The number of nitrogens with zero attached hydrogens (tertiary/aromatic N) is 5. The Balaban J connectivity index is 1.44. The van der Waals surface area contributed by atoms with Gasteiger partial charge in [-0.1, -0.05) is 0 Å². The van der Waals surface area contributed by atoms with Crippen molar-refractivity contribution in [2.24, 2.45) is 15.9 Å². The monoisotopic (exact) mass is 462 g/mol. The molecule has 1 unspecified atom stereocenters. The molecule has 1 atom stereocenters. The van der Waals surface area contributed by atoms with Crippen molar-refractivity contribution in [2.75, 3.05) is 26.4 Å². The average molecular weight is 462 g/mol. The molecular formula is C22H25F3N6O2. The van der Waals surface area contributed by atoms with Crippen LogP contribution in [0, 0.1) is 0 Å². The Bertz CT molecular complexity index is 1030. The van der Waals surface area contributed by atoms with Crippen LogP contribution in [0.2, 0.25) is 0 Å². The van der Waals surface area contributed by atoms with Gasteiger partial charge in [0.15, 0.2) is 0 Å². The zero-order valence-electron chi connectivity index (χ0n) is 18.2. The minimum Gasteiger partial charge on any atom is -0.471 e. The van der Waals surface area contributed by atoms with Gasteiger partial charge in [0.1, 0.15) is 18.0 Å². The lowest BCUT2D eigenvalue weighted by Crippen LogP contribution is -2.39. The number of fused-ring (bicyclic) bond motifs is 1. The molecule has 0 aromatic carbocycles. The van der Waals surface area contributed by atoms with E-state index in [1.165, 1.54) is 17.2 Å². The molecule has 33 heavy (non-hydrogen) atoms. The van der Waals surface area contributed by atoms with Crippen molar-refractivity contribution in [1.82, 2.24) is 14.9 Å². The SMILES string of the molecule is C/C(=N/N)C(COc1cc2c(cn1)CN(C1CCOC1)CC2)=Nc1ccc(C(F)(F)F)nc1. The second-order valence-electron chi connectivity index (χ2n) is 7.99. The van der Waals surface area contributed by atoms with Crippen molar-refractivity contribution in [3.8, 4) is 5.88 Å². The standard InChI is InChI=1S/C22H25F3N6O2/c1-14(30-26)19(29-17-2-3-20(27-10-17)22(23,24)25)13-33-21-8-15-4-6-31(11-16(15)9-28-21)18-5-7-32-12-18/h2-3,8-10,18H,4-7,11-13,26H2,1H3/b29-19?,30-14-. The maximum Gasteiger partial charge on any atom is 0.433 e. The highest BCUT2D eigenvalue weighted by Crippen LogP contribution is 2.28. The number of hydrogen-bond acceptors (Lipinski definition) is 8. The first-order chi connectivity index (χ1) is 15.8. The first kappa shape index (κ1) is 23.1. The molecule has 8 nitrogen and oxygen atoms in total. The Morgan fingerprint density at radius 2 is 2.12 bits per heavy atom. The predicted octanol–water partition coefficient (Wildman–Crippen LogP) is 3.13. The fourth-order valence-electron chi connectivity index (χ4n) is 3.85. The van der Waals surface area contributed by atoms with Crippen LogP contribution in [-0.2, 0) is 23.9 Å². The van der Waals surface area contributed by atoms with Crippen molar-refractivity contribution < 1.29 is 22.6 Å². The van der Waals surface area contributed by atoms with Crippen molar-refractivity contribution in [1.29, 1.82) is 0 Å². The van der Waals surface area contributed by atoms with Crippen molar-refractivity contribution >= 4 is 17.1 Å². The van der Waals surface area contributed by atoms with Crippen LogP contribution in [0.3, 0.4) is 0 Å². The van der Waals surface area contributed by atoms with Crippen LogP contribution < -0.4 is 10.6 Å². The minimum atomic E-state index is -4.51. The average Bonchev–Trinajstić information content (AvgIpc) is 3.35. The highest BCUT2D eigenvalue weighted by atomic mass is 19.4. The topological polar surface area (TPSA) is 98.2 Å². The first-order valence-electron chi connectivity index (χ1n) is 10.6. The fourth-order valence-corrected chi connectivity index (χ4v) is 3.85. The maximum atomic E-state index is 12.7. The summed E-state index contributed by atoms with van der Waals surface area (Å²) in [6.45, 7) is 5.03. The normalized spacial score (nSPS) is 20.1. The number of pyridine rings is 2. The van der Waals surface area contributed by atoms with Gasteiger partial charge in [-0.05, 0) is 43.0 Å². The van der Waals surface area contributed by atoms with E-state index >= 15 is 0 Å². The number of nitrogens with two attached hydrogens (primary N) is 1. The fraction of sp³-hybridized carbons (Fsp3) is 0.455. The number of alkyl halides is 3. The van der Waals surface area contributed by atoms with E-state index in [1.54, 1.807) is 6.92 Å². The summed E-state index contributed by atoms with van der Waals surface area (Å²) in [5, 5.41) is 3.64. The molecule has 2 aromatic rings. The quantitative estimate of drug-likeness (QED) is 0.402. The molecule has 0 bridgehead atoms. The Morgan fingerprint density at radius 3 is 2.79 bits per heavy atom. The number of aromatic nitrogens is 2. The van der Waals surface area contributed by atoms with Crippen LogP contribution in [0.15, 0.2) is 40.7 Å². The lowest BCUT2D eigenvalue weighted by molar-refractivity contribution is -0.141. The molecule has 1 saturated heterocycles. The largest absolute Gasteiger partial charge is 0.471 e. The van der Waals surface area contributed by atoms with Gasteiger partial charge in [0.25, 0.3) is 0 Å². The van der Waals surface area contributed by atoms with E-state index in [0.29, 0.717) is 23.3 Å². The number of aliphatic imine (C=N–C) groups is 1. The summed E-state index contributed by atoms with van der Waals surface area (Å²) in [6.07, 6.45) is 0.315. The molecular weight excluding hydrogens is 437 g/mol. The number of halogens is 3. The van der Waals surface area contributed by atoms with Crippen LogP contribution in [0.1, 0.15) is 30.2 Å². The molecule has 11 heteroatoms. The number of rotatable bonds is 6. The second-order valence-corrected chi connectivity index (χ2v) is 7.99. The van der Waals surface area contributed by atoms with E-state index in [2.05, 4.69) is 25.0 Å². The molecule has 0 amide bonds. The Kier molecular flexibility index (Phi) is 6.89.